The number of nitrogens with one attached hydrogen (secondary N) is 1. The van der Waals surface area contributed by atoms with E-state index in [1.165, 1.54) is 24.9 Å². The van der Waals surface area contributed by atoms with E-state index in [0.29, 0.717) is 34.8 Å². The number of nitrogens with two attached hydrogens (primary N) is 1. The Bertz CT molecular complexity index is 1110. The molecule has 1 amide bonds. The van der Waals surface area contributed by atoms with E-state index in [4.69, 9.17) is 5.73 Å². The summed E-state index contributed by atoms with van der Waals surface area (Å²) in [5.74, 6) is -0.282. The zero-order valence-electron chi connectivity index (χ0n) is 16.4. The molecule has 1 aliphatic carbocycles. The molecule has 9 heteroatoms. The Kier molecular flexibility index (Phi) is 4.52. The van der Waals surface area contributed by atoms with Gasteiger partial charge < -0.3 is 16.2 Å². The minimum atomic E-state index is -0.585. The monoisotopic (exact) mass is 410 g/mol. The number of piperidine rings is 1. The number of benzene rings is 1. The van der Waals surface area contributed by atoms with Crippen molar-refractivity contribution in [1.29, 1.82) is 0 Å². The van der Waals surface area contributed by atoms with Crippen LogP contribution in [0.5, 0.6) is 5.75 Å². The van der Waals surface area contributed by atoms with Gasteiger partial charge in [-0.25, -0.2) is 19.0 Å². The van der Waals surface area contributed by atoms with Crippen molar-refractivity contribution in [2.24, 2.45) is 11.8 Å². The first-order chi connectivity index (χ1) is 14.5. The van der Waals surface area contributed by atoms with Gasteiger partial charge in [-0.1, -0.05) is 12.8 Å². The molecule has 2 aliphatic rings. The molecule has 3 atom stereocenters. The molecular formula is C21H23FN6O2. The molecule has 2 aromatic heterocycles. The van der Waals surface area contributed by atoms with E-state index in [0.717, 1.165) is 31.7 Å². The highest BCUT2D eigenvalue weighted by atomic mass is 19.1. The van der Waals surface area contributed by atoms with Crippen molar-refractivity contribution in [3.63, 3.8) is 0 Å². The van der Waals surface area contributed by atoms with Gasteiger partial charge in [0.1, 0.15) is 29.4 Å². The van der Waals surface area contributed by atoms with E-state index in [1.807, 2.05) is 0 Å². The number of amides is 1. The maximum Gasteiger partial charge on any atom is 0.225 e. The van der Waals surface area contributed by atoms with Gasteiger partial charge in [0, 0.05) is 17.7 Å². The maximum absolute atomic E-state index is 13.9. The van der Waals surface area contributed by atoms with Crippen LogP contribution in [0, 0.1) is 17.7 Å². The van der Waals surface area contributed by atoms with Crippen LogP contribution in [0.2, 0.25) is 0 Å². The van der Waals surface area contributed by atoms with Crippen molar-refractivity contribution in [3.8, 4) is 17.0 Å². The highest BCUT2D eigenvalue weighted by molar-refractivity contribution is 5.98. The number of aromatic hydroxyl groups is 1. The Balaban J connectivity index is 1.54. The summed E-state index contributed by atoms with van der Waals surface area (Å²) >= 11 is 0. The molecule has 30 heavy (non-hydrogen) atoms. The van der Waals surface area contributed by atoms with E-state index in [9.17, 15) is 14.3 Å². The summed E-state index contributed by atoms with van der Waals surface area (Å²) in [4.78, 5) is 21.1. The van der Waals surface area contributed by atoms with Crippen LogP contribution < -0.4 is 11.1 Å². The first-order valence-corrected chi connectivity index (χ1v) is 10.3. The van der Waals surface area contributed by atoms with Crippen LogP contribution in [-0.4, -0.2) is 36.8 Å². The Morgan fingerprint density at radius 3 is 2.90 bits per heavy atom. The van der Waals surface area contributed by atoms with Crippen molar-refractivity contribution >= 4 is 22.8 Å². The van der Waals surface area contributed by atoms with Crippen LogP contribution in [0.25, 0.3) is 22.3 Å². The number of rotatable bonds is 3. The summed E-state index contributed by atoms with van der Waals surface area (Å²) in [7, 11) is 0. The van der Waals surface area contributed by atoms with Gasteiger partial charge in [-0.15, -0.1) is 0 Å². The lowest BCUT2D eigenvalue weighted by Crippen LogP contribution is -2.51. The van der Waals surface area contributed by atoms with E-state index in [1.54, 1.807) is 4.68 Å². The van der Waals surface area contributed by atoms with Crippen LogP contribution in [0.4, 0.5) is 10.2 Å². The molecular weight excluding hydrogens is 387 g/mol. The van der Waals surface area contributed by atoms with Gasteiger partial charge in [0.2, 0.25) is 5.91 Å². The molecule has 1 saturated carbocycles. The molecule has 2 fully saturated rings. The Labute approximate surface area is 172 Å². The van der Waals surface area contributed by atoms with Crippen molar-refractivity contribution in [2.75, 3.05) is 5.73 Å². The van der Waals surface area contributed by atoms with Gasteiger partial charge in [0.15, 0.2) is 5.65 Å². The zero-order chi connectivity index (χ0) is 20.8. The lowest BCUT2D eigenvalue weighted by molar-refractivity contribution is -0.130. The molecule has 1 aliphatic heterocycles. The van der Waals surface area contributed by atoms with E-state index >= 15 is 0 Å². The molecule has 3 heterocycles. The zero-order valence-corrected chi connectivity index (χ0v) is 16.4. The fourth-order valence-electron chi connectivity index (χ4n) is 4.89. The predicted molar refractivity (Wildman–Crippen MR) is 109 cm³/mol. The molecule has 156 valence electrons. The number of nitrogens with zero attached hydrogens (tertiary/aromatic N) is 4. The average Bonchev–Trinajstić information content (AvgIpc) is 3.08. The second-order valence-electron chi connectivity index (χ2n) is 8.28. The molecule has 1 aromatic carbocycles. The number of fused-ring (bicyclic) bond motifs is 2. The lowest BCUT2D eigenvalue weighted by atomic mass is 9.76. The number of nitrogen functional groups attached to an aromatic ring is 1. The summed E-state index contributed by atoms with van der Waals surface area (Å²) < 4.78 is 15.5. The van der Waals surface area contributed by atoms with Gasteiger partial charge in [0.25, 0.3) is 0 Å². The van der Waals surface area contributed by atoms with Gasteiger partial charge in [-0.2, -0.15) is 5.10 Å². The minimum absolute atomic E-state index is 0.0359. The van der Waals surface area contributed by atoms with E-state index < -0.39 is 5.82 Å². The molecule has 4 N–H and O–H groups in total. The SMILES string of the molecule is Nc1ncnc2c1c(-c1cc(O)cc(F)c1)nn2CC1CC2CCCCC2NC1=O. The van der Waals surface area contributed by atoms with Gasteiger partial charge >= 0.3 is 0 Å². The lowest BCUT2D eigenvalue weighted by Gasteiger charge is -2.39. The maximum atomic E-state index is 13.9. The highest BCUT2D eigenvalue weighted by Gasteiger charge is 2.37. The molecule has 5 rings (SSSR count). The Morgan fingerprint density at radius 1 is 1.23 bits per heavy atom. The van der Waals surface area contributed by atoms with Crippen LogP contribution >= 0.6 is 0 Å². The second kappa shape index (κ2) is 7.23. The highest BCUT2D eigenvalue weighted by Crippen LogP contribution is 2.36. The summed E-state index contributed by atoms with van der Waals surface area (Å²) in [5, 5.41) is 18.1. The minimum Gasteiger partial charge on any atom is -0.508 e. The molecule has 0 spiro atoms. The molecule has 1 saturated heterocycles. The van der Waals surface area contributed by atoms with Crippen LogP contribution in [0.3, 0.4) is 0 Å². The van der Waals surface area contributed by atoms with E-state index in [-0.39, 0.29) is 29.4 Å². The number of halogens is 1. The third-order valence-electron chi connectivity index (χ3n) is 6.30. The summed E-state index contributed by atoms with van der Waals surface area (Å²) in [6.07, 6.45) is 6.70. The molecule has 0 bridgehead atoms. The summed E-state index contributed by atoms with van der Waals surface area (Å²) in [5.41, 5.74) is 7.33. The standard InChI is InChI=1S/C21H23FN6O2/c22-14-6-12(7-15(29)8-14)18-17-19(23)24-10-25-20(17)28(27-18)9-13-5-11-3-1-2-4-16(11)26-21(13)30/h6-8,10-11,13,16,29H,1-5,9H2,(H,26,30)(H2,23,24,25). The smallest absolute Gasteiger partial charge is 0.225 e. The number of hydrogen-bond acceptors (Lipinski definition) is 6. The van der Waals surface area contributed by atoms with Gasteiger partial charge in [0.05, 0.1) is 17.8 Å². The third kappa shape index (κ3) is 3.24. The predicted octanol–water partition coefficient (Wildman–Crippen LogP) is 2.62. The normalized spacial score (nSPS) is 23.9. The number of carbonyl (C=O) groups excluding carboxylic acids is 1. The largest absolute Gasteiger partial charge is 0.508 e. The molecule has 3 unspecified atom stereocenters. The van der Waals surface area contributed by atoms with Crippen molar-refractivity contribution in [1.82, 2.24) is 25.1 Å². The van der Waals surface area contributed by atoms with Crippen LogP contribution in [-0.2, 0) is 11.3 Å². The van der Waals surface area contributed by atoms with E-state index in [2.05, 4.69) is 20.4 Å². The second-order valence-corrected chi connectivity index (χ2v) is 8.28. The Morgan fingerprint density at radius 2 is 2.07 bits per heavy atom. The van der Waals surface area contributed by atoms with Crippen molar-refractivity contribution in [3.05, 3.63) is 30.3 Å². The van der Waals surface area contributed by atoms with Crippen molar-refractivity contribution in [2.45, 2.75) is 44.7 Å². The van der Waals surface area contributed by atoms with Crippen LogP contribution in [0.15, 0.2) is 24.5 Å². The fraction of sp³-hybridized carbons (Fsp3) is 0.429. The first kappa shape index (κ1) is 18.8. The summed E-state index contributed by atoms with van der Waals surface area (Å²) in [6.45, 7) is 0.351. The Hall–Kier alpha value is -3.23. The molecule has 3 aromatic rings. The number of hydrogen-bond donors (Lipinski definition) is 3. The molecule has 0 radical (unpaired) electrons. The number of phenols is 1. The number of aromatic nitrogens is 4. The number of anilines is 1. The molecule has 8 nitrogen and oxygen atoms in total. The fourth-order valence-corrected chi connectivity index (χ4v) is 4.89. The quantitative estimate of drug-likeness (QED) is 0.611. The van der Waals surface area contributed by atoms with Crippen molar-refractivity contribution < 1.29 is 14.3 Å². The third-order valence-corrected chi connectivity index (χ3v) is 6.30. The average molecular weight is 410 g/mol. The number of phenolic OH excluding ortho intramolecular Hbond substituents is 1. The van der Waals surface area contributed by atoms with Crippen LogP contribution in [0.1, 0.15) is 32.1 Å². The summed E-state index contributed by atoms with van der Waals surface area (Å²) in [6, 6.07) is 4.00. The topological polar surface area (TPSA) is 119 Å². The van der Waals surface area contributed by atoms with Gasteiger partial charge in [-0.05, 0) is 37.3 Å². The van der Waals surface area contributed by atoms with Gasteiger partial charge in [-0.3, -0.25) is 4.79 Å². The first-order valence-electron chi connectivity index (χ1n) is 10.3. The number of carbonyl (C=O) groups is 1.